The van der Waals surface area contributed by atoms with E-state index in [1.54, 1.807) is 24.2 Å². The fraction of sp³-hybridized carbons (Fsp3) is 0.600. The maximum absolute atomic E-state index is 12.0. The minimum Gasteiger partial charge on any atom is -0.356 e. The molecule has 1 aliphatic heterocycles. The highest BCUT2D eigenvalue weighted by atomic mass is 32.2. The van der Waals surface area contributed by atoms with Crippen molar-refractivity contribution in [2.24, 2.45) is 0 Å². The molecule has 1 saturated heterocycles. The second-order valence-corrected chi connectivity index (χ2v) is 6.21. The summed E-state index contributed by atoms with van der Waals surface area (Å²) in [6.45, 7) is 1.79. The maximum Gasteiger partial charge on any atom is 0.221 e. The lowest BCUT2D eigenvalue weighted by Gasteiger charge is -2.21. The zero-order chi connectivity index (χ0) is 14.2. The number of hydrogen-bond acceptors (Lipinski definition) is 4. The first kappa shape index (κ1) is 15.3. The van der Waals surface area contributed by atoms with Crippen molar-refractivity contribution in [1.82, 2.24) is 15.6 Å². The fourth-order valence-electron chi connectivity index (χ4n) is 2.57. The van der Waals surface area contributed by atoms with Gasteiger partial charge in [-0.2, -0.15) is 11.8 Å². The molecule has 0 aliphatic carbocycles. The average molecular weight is 293 g/mol. The molecule has 1 aliphatic rings. The predicted octanol–water partition coefficient (Wildman–Crippen LogP) is 1.61. The van der Waals surface area contributed by atoms with Gasteiger partial charge in [-0.1, -0.05) is 0 Å². The van der Waals surface area contributed by atoms with E-state index in [0.29, 0.717) is 24.3 Å². The van der Waals surface area contributed by atoms with Crippen molar-refractivity contribution in [3.8, 4) is 0 Å². The zero-order valence-electron chi connectivity index (χ0n) is 12.0. The number of hydrogen-bond donors (Lipinski definition) is 2. The first-order valence-electron chi connectivity index (χ1n) is 7.21. The van der Waals surface area contributed by atoms with Crippen LogP contribution in [0.3, 0.4) is 0 Å². The van der Waals surface area contributed by atoms with Gasteiger partial charge in [-0.25, -0.2) is 0 Å². The van der Waals surface area contributed by atoms with Crippen molar-refractivity contribution in [1.29, 1.82) is 0 Å². The molecule has 2 N–H and O–H groups in total. The lowest BCUT2D eigenvalue weighted by atomic mass is 10.1. The molecule has 0 bridgehead atoms. The van der Waals surface area contributed by atoms with Gasteiger partial charge in [0, 0.05) is 36.7 Å². The minimum atomic E-state index is 0.159. The van der Waals surface area contributed by atoms with E-state index in [-0.39, 0.29) is 5.91 Å². The van der Waals surface area contributed by atoms with Gasteiger partial charge in [0.1, 0.15) is 0 Å². The van der Waals surface area contributed by atoms with E-state index in [1.165, 1.54) is 18.4 Å². The molecule has 4 nitrogen and oxygen atoms in total. The minimum absolute atomic E-state index is 0.159. The third-order valence-electron chi connectivity index (χ3n) is 3.72. The molecule has 1 amide bonds. The van der Waals surface area contributed by atoms with Gasteiger partial charge < -0.3 is 10.6 Å². The van der Waals surface area contributed by atoms with E-state index in [4.69, 9.17) is 0 Å². The average Bonchev–Trinajstić information content (AvgIpc) is 3.00. The van der Waals surface area contributed by atoms with Gasteiger partial charge in [0.15, 0.2) is 0 Å². The summed E-state index contributed by atoms with van der Waals surface area (Å²) in [5.41, 5.74) is 1.21. The van der Waals surface area contributed by atoms with Crippen LogP contribution in [0.2, 0.25) is 0 Å². The molecule has 0 saturated carbocycles. The van der Waals surface area contributed by atoms with Gasteiger partial charge in [-0.15, -0.1) is 0 Å². The first-order chi connectivity index (χ1) is 9.79. The summed E-state index contributed by atoms with van der Waals surface area (Å²) in [4.78, 5) is 16.0. The third kappa shape index (κ3) is 4.80. The summed E-state index contributed by atoms with van der Waals surface area (Å²) in [5.74, 6) is 0.159. The summed E-state index contributed by atoms with van der Waals surface area (Å²) >= 11 is 1.79. The lowest BCUT2D eigenvalue weighted by Crippen LogP contribution is -2.37. The van der Waals surface area contributed by atoms with Gasteiger partial charge in [-0.3, -0.25) is 9.78 Å². The maximum atomic E-state index is 12.0. The lowest BCUT2D eigenvalue weighted by molar-refractivity contribution is -0.121. The molecule has 2 atom stereocenters. The molecule has 2 rings (SSSR count). The topological polar surface area (TPSA) is 54.0 Å². The van der Waals surface area contributed by atoms with Crippen LogP contribution in [0.4, 0.5) is 0 Å². The molecule has 1 aromatic heterocycles. The number of nitrogens with one attached hydrogen (secondary N) is 2. The van der Waals surface area contributed by atoms with Gasteiger partial charge in [-0.05, 0) is 49.8 Å². The van der Waals surface area contributed by atoms with Gasteiger partial charge >= 0.3 is 0 Å². The van der Waals surface area contributed by atoms with Crippen LogP contribution in [0.5, 0.6) is 0 Å². The summed E-state index contributed by atoms with van der Waals surface area (Å²) in [6, 6.07) is 4.47. The van der Waals surface area contributed by atoms with Crippen molar-refractivity contribution >= 4 is 17.7 Å². The number of thioether (sulfide) groups is 1. The van der Waals surface area contributed by atoms with Crippen molar-refractivity contribution in [2.45, 2.75) is 37.0 Å². The third-order valence-corrected chi connectivity index (χ3v) is 4.82. The smallest absolute Gasteiger partial charge is 0.221 e. The molecule has 1 aromatic rings. The standard InChI is InChI=1S/C15H23N3OS/c1-20-14(13-3-2-7-17-13)11-15(19)18-10-6-12-4-8-16-9-5-12/h4-5,8-9,13-14,17H,2-3,6-7,10-11H2,1H3,(H,18,19). The van der Waals surface area contributed by atoms with Crippen LogP contribution >= 0.6 is 11.8 Å². The summed E-state index contributed by atoms with van der Waals surface area (Å²) in [6.07, 6.45) is 9.55. The molecule has 5 heteroatoms. The van der Waals surface area contributed by atoms with E-state index in [1.807, 2.05) is 12.1 Å². The van der Waals surface area contributed by atoms with E-state index in [9.17, 15) is 4.79 Å². The molecule has 2 heterocycles. The number of carbonyl (C=O) groups is 1. The van der Waals surface area contributed by atoms with Crippen LogP contribution in [0.15, 0.2) is 24.5 Å². The molecular weight excluding hydrogens is 270 g/mol. The second-order valence-electron chi connectivity index (χ2n) is 5.14. The van der Waals surface area contributed by atoms with Crippen molar-refractivity contribution < 1.29 is 4.79 Å². The fourth-order valence-corrected chi connectivity index (χ4v) is 3.45. The molecule has 110 valence electrons. The highest BCUT2D eigenvalue weighted by molar-refractivity contribution is 7.99. The van der Waals surface area contributed by atoms with Crippen LogP contribution in [-0.4, -0.2) is 41.5 Å². The van der Waals surface area contributed by atoms with Crippen LogP contribution < -0.4 is 10.6 Å². The Kier molecular flexibility index (Phi) is 6.33. The number of pyridine rings is 1. The Labute approximate surface area is 125 Å². The molecule has 2 unspecified atom stereocenters. The van der Waals surface area contributed by atoms with E-state index < -0.39 is 0 Å². The van der Waals surface area contributed by atoms with Crippen LogP contribution in [0.1, 0.15) is 24.8 Å². The summed E-state index contributed by atoms with van der Waals surface area (Å²) in [7, 11) is 0. The van der Waals surface area contributed by atoms with Crippen LogP contribution in [0, 0.1) is 0 Å². The van der Waals surface area contributed by atoms with E-state index >= 15 is 0 Å². The Balaban J connectivity index is 1.69. The zero-order valence-corrected chi connectivity index (χ0v) is 12.8. The van der Waals surface area contributed by atoms with Gasteiger partial charge in [0.05, 0.1) is 0 Å². The molecular formula is C15H23N3OS. The molecule has 20 heavy (non-hydrogen) atoms. The SMILES string of the molecule is CSC(CC(=O)NCCc1ccncc1)C1CCCN1. The number of nitrogens with zero attached hydrogens (tertiary/aromatic N) is 1. The number of aromatic nitrogens is 1. The second kappa shape index (κ2) is 8.27. The van der Waals surface area contributed by atoms with Crippen LogP contribution in [-0.2, 0) is 11.2 Å². The largest absolute Gasteiger partial charge is 0.356 e. The molecule has 0 spiro atoms. The Hall–Kier alpha value is -1.07. The van der Waals surface area contributed by atoms with Gasteiger partial charge in [0.2, 0.25) is 5.91 Å². The van der Waals surface area contributed by atoms with E-state index in [2.05, 4.69) is 21.9 Å². The van der Waals surface area contributed by atoms with E-state index in [0.717, 1.165) is 13.0 Å². The highest BCUT2D eigenvalue weighted by Crippen LogP contribution is 2.21. The predicted molar refractivity (Wildman–Crippen MR) is 83.9 cm³/mol. The molecule has 0 aromatic carbocycles. The summed E-state index contributed by atoms with van der Waals surface area (Å²) < 4.78 is 0. The number of amides is 1. The first-order valence-corrected chi connectivity index (χ1v) is 8.50. The summed E-state index contributed by atoms with van der Waals surface area (Å²) in [5, 5.41) is 6.89. The van der Waals surface area contributed by atoms with Crippen molar-refractivity contribution in [3.05, 3.63) is 30.1 Å². The molecule has 0 radical (unpaired) electrons. The van der Waals surface area contributed by atoms with Crippen molar-refractivity contribution in [2.75, 3.05) is 19.3 Å². The normalized spacial score (nSPS) is 19.8. The van der Waals surface area contributed by atoms with Crippen molar-refractivity contribution in [3.63, 3.8) is 0 Å². The number of carbonyl (C=O) groups excluding carboxylic acids is 1. The Morgan fingerprint density at radius 3 is 3.00 bits per heavy atom. The Morgan fingerprint density at radius 2 is 2.35 bits per heavy atom. The monoisotopic (exact) mass is 293 g/mol. The quantitative estimate of drug-likeness (QED) is 0.802. The van der Waals surface area contributed by atoms with Gasteiger partial charge in [0.25, 0.3) is 0 Å². The Bertz CT molecular complexity index is 407. The van der Waals surface area contributed by atoms with Crippen LogP contribution in [0.25, 0.3) is 0 Å². The highest BCUT2D eigenvalue weighted by Gasteiger charge is 2.25. The Morgan fingerprint density at radius 1 is 1.55 bits per heavy atom. The number of rotatable bonds is 7. The molecule has 1 fully saturated rings.